The first kappa shape index (κ1) is 86.8. The lowest BCUT2D eigenvalue weighted by atomic mass is 10.0. The van der Waals surface area contributed by atoms with E-state index in [2.05, 4.69) is 457 Å². The van der Waals surface area contributed by atoms with Crippen LogP contribution in [-0.4, -0.2) is 65.5 Å². The van der Waals surface area contributed by atoms with Crippen LogP contribution in [0.15, 0.2) is 503 Å². The summed E-state index contributed by atoms with van der Waals surface area (Å²) in [5, 5.41) is 22.0. The van der Waals surface area contributed by atoms with Gasteiger partial charge in [-0.1, -0.05) is 315 Å². The van der Waals surface area contributed by atoms with Crippen LogP contribution in [0.5, 0.6) is 0 Å². The van der Waals surface area contributed by atoms with Gasteiger partial charge in [0.05, 0.1) is 78.8 Å². The molecule has 0 saturated carbocycles. The lowest BCUT2D eigenvalue weighted by molar-refractivity contribution is 0.739. The predicted molar refractivity (Wildman–Crippen MR) is 635 cm³/mol. The number of benzene rings is 18. The zero-order chi connectivity index (χ0) is 98.5. The largest absolute Gasteiger partial charge is 0.317 e. The molecule has 2 aliphatic rings. The smallest absolute Gasteiger partial charge is 0.162 e. The maximum atomic E-state index is 5.18. The van der Waals surface area contributed by atoms with Crippen molar-refractivity contribution in [2.45, 2.75) is 12.1 Å². The van der Waals surface area contributed by atoms with E-state index in [9.17, 15) is 0 Å². The molecule has 0 bridgehead atoms. The normalized spacial score (nSPS) is 13.6. The van der Waals surface area contributed by atoms with Crippen LogP contribution in [0, 0.1) is 0 Å². The van der Waals surface area contributed by atoms with Crippen LogP contribution in [-0.2, 0) is 0 Å². The second kappa shape index (κ2) is 35.6. The summed E-state index contributed by atoms with van der Waals surface area (Å²) in [7, 11) is 0. The van der Waals surface area contributed by atoms with E-state index in [0.717, 1.165) is 113 Å². The molecule has 1 aliphatic carbocycles. The van der Waals surface area contributed by atoms with Crippen molar-refractivity contribution in [1.82, 2.24) is 47.6 Å². The molecule has 31 aromatic rings. The second-order valence-corrected chi connectivity index (χ2v) is 42.4. The molecule has 0 spiro atoms. The number of hydrogen-bond acceptors (Lipinski definition) is 11. The van der Waals surface area contributed by atoms with Crippen molar-refractivity contribution in [1.29, 1.82) is 0 Å². The molecule has 2 unspecified atom stereocenters. The number of anilines is 1. The molecule has 704 valence electrons. The first-order chi connectivity index (χ1) is 74.4. The van der Waals surface area contributed by atoms with Gasteiger partial charge in [0.15, 0.2) is 5.82 Å². The highest BCUT2D eigenvalue weighted by Gasteiger charge is 2.36. The van der Waals surface area contributed by atoms with Crippen molar-refractivity contribution >= 4 is 241 Å². The number of fused-ring (bicyclic) bond motifs is 31. The first-order valence-corrected chi connectivity index (χ1v) is 53.8. The fourth-order valence-electron chi connectivity index (χ4n) is 22.9. The summed E-state index contributed by atoms with van der Waals surface area (Å²) in [6.45, 7) is 0. The van der Waals surface area contributed by atoms with E-state index < -0.39 is 0 Å². The van der Waals surface area contributed by atoms with Gasteiger partial charge in [-0.15, -0.1) is 45.3 Å². The lowest BCUT2D eigenvalue weighted by Crippen LogP contribution is -2.39. The number of nitrogens with zero attached hydrogens (tertiary/aromatic N) is 12. The molecule has 0 fully saturated rings. The van der Waals surface area contributed by atoms with E-state index in [1.807, 2.05) is 118 Å². The molecule has 150 heavy (non-hydrogen) atoms. The maximum absolute atomic E-state index is 5.18. The van der Waals surface area contributed by atoms with Gasteiger partial charge < -0.3 is 18.4 Å². The van der Waals surface area contributed by atoms with Crippen LogP contribution < -0.4 is 4.90 Å². The van der Waals surface area contributed by atoms with Crippen LogP contribution >= 0.6 is 45.3 Å². The van der Waals surface area contributed by atoms with Crippen molar-refractivity contribution in [3.05, 3.63) is 503 Å². The number of hydrogen-bond donors (Lipinski definition) is 0. The van der Waals surface area contributed by atoms with Gasteiger partial charge in [0.25, 0.3) is 0 Å². The van der Waals surface area contributed by atoms with Crippen LogP contribution in [0.2, 0.25) is 0 Å². The van der Waals surface area contributed by atoms with Gasteiger partial charge in [-0.05, 0) is 158 Å². The van der Waals surface area contributed by atoms with Crippen molar-refractivity contribution < 1.29 is 0 Å². The number of aromatic nitrogens is 10. The summed E-state index contributed by atoms with van der Waals surface area (Å²) in [5.74, 6) is 3.51. The Morgan fingerprint density at radius 2 is 0.667 bits per heavy atom. The number of para-hydroxylation sites is 6. The van der Waals surface area contributed by atoms with Gasteiger partial charge in [-0.3, -0.25) is 19.1 Å². The van der Waals surface area contributed by atoms with E-state index in [-0.39, 0.29) is 12.1 Å². The Morgan fingerprint density at radius 1 is 0.247 bits per heavy atom. The Labute approximate surface area is 875 Å². The van der Waals surface area contributed by atoms with Crippen molar-refractivity contribution in [3.8, 4) is 68.2 Å². The maximum Gasteiger partial charge on any atom is 0.162 e. The number of thiophene rings is 4. The quantitative estimate of drug-likeness (QED) is 0.135. The minimum absolute atomic E-state index is 0.121. The zero-order valence-corrected chi connectivity index (χ0v) is 83.8. The molecule has 13 aromatic heterocycles. The van der Waals surface area contributed by atoms with Crippen LogP contribution in [0.3, 0.4) is 0 Å². The summed E-state index contributed by atoms with van der Waals surface area (Å²) >= 11 is 7.53. The van der Waals surface area contributed by atoms with Gasteiger partial charge in [0, 0.05) is 199 Å². The lowest BCUT2D eigenvalue weighted by Gasteiger charge is -2.29. The molecule has 1 aliphatic heterocycles. The highest BCUT2D eigenvalue weighted by Crippen LogP contribution is 2.50. The van der Waals surface area contributed by atoms with E-state index in [0.29, 0.717) is 0 Å². The Morgan fingerprint density at radius 3 is 1.18 bits per heavy atom. The standard InChI is InChI=1S/C37H25N3S.C34H21N3S.C32H19N3S.C31H19N3S/c1-2-10-25(11-3-1)40-32-16-8-6-14-30(32)38-37(40)24-18-20-26(21-19-24)39-31-15-7-4-13-29(31)35-33(39)23-22-28-27-12-5-9-17-34(27)41-36(28)35;1-3-11-22(12-4-1)27-21-31(36-34(35-27)23-13-5-2-6-14-23)37-28-17-9-7-16-26(28)32-29(37)20-19-25-24-15-8-10-18-30(24)38-33(25)32;1-4-11-25-20(8-1)18-21(19-33-25)26-12-7-15-30(34-26)35-27-13-5-2-10-24(27)31-28(35)17-16-23-22-9-3-6-14-29(22)36-32(23)31;1-3-9-26-24(8-1)30-27(17-16-23-22-7-2-4-10-28(22)35-31(23)30)34(26)21-14-12-20(13-15-21)25-19-33-18-6-5-11-29(33)32-25/h1-23,30,32H;1-21H;1-19H;1-19H. The average Bonchev–Trinajstić information content (AvgIpc) is 1.59. The highest BCUT2D eigenvalue weighted by molar-refractivity contribution is 7.28. The Hall–Kier alpha value is -18.7. The van der Waals surface area contributed by atoms with E-state index in [1.165, 1.54) is 157 Å². The number of rotatable bonds is 10. The van der Waals surface area contributed by atoms with E-state index >= 15 is 0 Å². The summed E-state index contributed by atoms with van der Waals surface area (Å²) in [6, 6.07) is 162. The van der Waals surface area contributed by atoms with Crippen molar-refractivity contribution in [2.75, 3.05) is 4.90 Å². The fourth-order valence-corrected chi connectivity index (χ4v) is 28.0. The molecule has 0 N–H and O–H groups in total. The molecule has 2 atom stereocenters. The minimum atomic E-state index is 0.121. The van der Waals surface area contributed by atoms with Gasteiger partial charge in [0.1, 0.15) is 23.1 Å². The average molecular weight is 1990 g/mol. The number of pyridine rings is 3. The number of imidazole rings is 1. The molecule has 18 aromatic carbocycles. The topological polar surface area (TPSA) is 104 Å². The van der Waals surface area contributed by atoms with Crippen LogP contribution in [0.1, 0.15) is 5.56 Å². The SMILES string of the molecule is C1=CC2N=C(c3ccc(-n4c5ccccc5c5c6sc7ccccc7c6ccc54)cc3)N(c3ccccc3)C2C=C1.c1cc(-c2cnc3ccccc3c2)nc(-n2c3ccccc3c3c4sc5ccccc5c4ccc32)c1.c1ccc(-c2cc(-n3c4ccccc4c4c5sc6ccccc6c5ccc43)nc(-c3ccccc3)n2)cc1.c1ccc2c(c1)sc1c2ccc2c1c1ccccc1n2-c1ccc(-c2cn3ccccc3n2)cc1. The molecule has 16 heteroatoms. The van der Waals surface area contributed by atoms with Gasteiger partial charge in [-0.25, -0.2) is 19.9 Å². The third-order valence-corrected chi connectivity index (χ3v) is 34.5. The van der Waals surface area contributed by atoms with Crippen molar-refractivity contribution in [3.63, 3.8) is 0 Å². The number of aliphatic imine (C=N–C) groups is 1. The van der Waals surface area contributed by atoms with Crippen LogP contribution in [0.4, 0.5) is 5.69 Å². The molecule has 12 nitrogen and oxygen atoms in total. The van der Waals surface area contributed by atoms with E-state index in [1.54, 1.807) is 0 Å². The minimum Gasteiger partial charge on any atom is -0.317 e. The molecule has 0 amide bonds. The third kappa shape index (κ3) is 14.3. The number of allylic oxidation sites excluding steroid dienone is 2. The molecule has 0 saturated heterocycles. The predicted octanol–water partition coefficient (Wildman–Crippen LogP) is 35.8. The molecule has 14 heterocycles. The van der Waals surface area contributed by atoms with Crippen molar-refractivity contribution in [2.24, 2.45) is 4.99 Å². The summed E-state index contributed by atoms with van der Waals surface area (Å²) < 4.78 is 22.1. The van der Waals surface area contributed by atoms with Gasteiger partial charge in [-0.2, -0.15) is 0 Å². The van der Waals surface area contributed by atoms with E-state index in [4.69, 9.17) is 24.9 Å². The molecule has 0 radical (unpaired) electrons. The molecule has 33 rings (SSSR count). The summed E-state index contributed by atoms with van der Waals surface area (Å²) in [6.07, 6.45) is 14.7. The highest BCUT2D eigenvalue weighted by atomic mass is 32.1. The Kier molecular flexibility index (Phi) is 20.6. The third-order valence-electron chi connectivity index (χ3n) is 29.7. The zero-order valence-electron chi connectivity index (χ0n) is 80.5. The van der Waals surface area contributed by atoms with Gasteiger partial charge in [0.2, 0.25) is 0 Å². The summed E-state index contributed by atoms with van der Waals surface area (Å²) in [5.41, 5.74) is 23.1. The summed E-state index contributed by atoms with van der Waals surface area (Å²) in [4.78, 5) is 32.3. The monoisotopic (exact) mass is 1990 g/mol. The molecular formula is C134H84N12S4. The van der Waals surface area contributed by atoms with Gasteiger partial charge >= 0.3 is 0 Å². The fraction of sp³-hybridized carbons (Fsp3) is 0.0149. The first-order valence-electron chi connectivity index (χ1n) is 50.5. The Balaban J connectivity index is 0.0000000920. The Bertz CT molecular complexity index is 10900. The molecular weight excluding hydrogens is 1910 g/mol. The second-order valence-electron chi connectivity index (χ2n) is 38.2. The van der Waals surface area contributed by atoms with Crippen LogP contribution in [0.25, 0.3) is 253 Å². The number of amidine groups is 1.